The van der Waals surface area contributed by atoms with Gasteiger partial charge in [0, 0.05) is 24.9 Å². The molecule has 88 valence electrons. The fourth-order valence-electron chi connectivity index (χ4n) is 2.10. The van der Waals surface area contributed by atoms with Crippen LogP contribution in [0.25, 0.3) is 0 Å². The highest BCUT2D eigenvalue weighted by molar-refractivity contribution is 5.45. The summed E-state index contributed by atoms with van der Waals surface area (Å²) in [6.07, 6.45) is 3.18. The first-order valence-corrected chi connectivity index (χ1v) is 5.93. The number of nitrogens with one attached hydrogen (secondary N) is 1. The fourth-order valence-corrected chi connectivity index (χ4v) is 2.10. The Balaban J connectivity index is 2.37. The number of aromatic nitrogens is 2. The van der Waals surface area contributed by atoms with Crippen molar-refractivity contribution in [1.29, 1.82) is 0 Å². The highest BCUT2D eigenvalue weighted by atomic mass is 16.5. The van der Waals surface area contributed by atoms with Crippen LogP contribution >= 0.6 is 0 Å². The normalized spacial score (nSPS) is 20.1. The fraction of sp³-hybridized carbons (Fsp3) is 0.667. The van der Waals surface area contributed by atoms with Crippen molar-refractivity contribution in [2.45, 2.75) is 39.2 Å². The van der Waals surface area contributed by atoms with E-state index in [4.69, 9.17) is 4.74 Å². The number of nitrogens with zero attached hydrogens (tertiary/aromatic N) is 2. The van der Waals surface area contributed by atoms with Crippen LogP contribution in [-0.4, -0.2) is 23.6 Å². The summed E-state index contributed by atoms with van der Waals surface area (Å²) in [4.78, 5) is 9.14. The molecule has 1 aliphatic heterocycles. The van der Waals surface area contributed by atoms with Gasteiger partial charge in [0.15, 0.2) is 5.82 Å². The first-order chi connectivity index (χ1) is 7.76. The first kappa shape index (κ1) is 11.3. The van der Waals surface area contributed by atoms with Gasteiger partial charge in [-0.25, -0.2) is 9.97 Å². The van der Waals surface area contributed by atoms with Gasteiger partial charge in [-0.05, 0) is 26.2 Å². The van der Waals surface area contributed by atoms with E-state index in [-0.39, 0.29) is 6.10 Å². The van der Waals surface area contributed by atoms with Gasteiger partial charge in [-0.3, -0.25) is 0 Å². The van der Waals surface area contributed by atoms with Crippen LogP contribution in [0.2, 0.25) is 0 Å². The van der Waals surface area contributed by atoms with E-state index in [1.54, 1.807) is 0 Å². The average molecular weight is 221 g/mol. The number of ether oxygens (including phenoxy) is 1. The Labute approximate surface area is 96.4 Å². The molecule has 2 rings (SSSR count). The summed E-state index contributed by atoms with van der Waals surface area (Å²) in [6, 6.07) is 0. The number of hydrogen-bond acceptors (Lipinski definition) is 4. The van der Waals surface area contributed by atoms with Crippen molar-refractivity contribution < 1.29 is 4.74 Å². The van der Waals surface area contributed by atoms with Crippen LogP contribution in [0, 0.1) is 6.92 Å². The highest BCUT2D eigenvalue weighted by Gasteiger charge is 2.22. The molecule has 4 nitrogen and oxygen atoms in total. The van der Waals surface area contributed by atoms with Crippen molar-refractivity contribution in [3.63, 3.8) is 0 Å². The van der Waals surface area contributed by atoms with Crippen molar-refractivity contribution in [3.05, 3.63) is 17.1 Å². The average Bonchev–Trinajstić information content (AvgIpc) is 2.83. The minimum atomic E-state index is 0.0954. The molecule has 1 saturated heterocycles. The van der Waals surface area contributed by atoms with Crippen LogP contribution in [0.15, 0.2) is 0 Å². The molecule has 1 N–H and O–H groups in total. The lowest BCUT2D eigenvalue weighted by molar-refractivity contribution is 0.105. The highest BCUT2D eigenvalue weighted by Crippen LogP contribution is 2.28. The van der Waals surface area contributed by atoms with Gasteiger partial charge in [0.05, 0.1) is 0 Å². The Morgan fingerprint density at radius 2 is 2.25 bits per heavy atom. The van der Waals surface area contributed by atoms with Crippen molar-refractivity contribution in [2.75, 3.05) is 19.0 Å². The Bertz CT molecular complexity index is 348. The summed E-state index contributed by atoms with van der Waals surface area (Å²) in [7, 11) is 1.90. The maximum Gasteiger partial charge on any atom is 0.159 e. The van der Waals surface area contributed by atoms with Gasteiger partial charge in [-0.15, -0.1) is 0 Å². The number of anilines is 1. The third-order valence-corrected chi connectivity index (χ3v) is 3.05. The van der Waals surface area contributed by atoms with E-state index in [0.717, 1.165) is 48.8 Å². The molecule has 4 heteroatoms. The summed E-state index contributed by atoms with van der Waals surface area (Å²) in [6.45, 7) is 5.01. The molecular weight excluding hydrogens is 202 g/mol. The largest absolute Gasteiger partial charge is 0.373 e. The lowest BCUT2D eigenvalue weighted by Crippen LogP contribution is -2.10. The summed E-state index contributed by atoms with van der Waals surface area (Å²) in [5, 5.41) is 3.13. The van der Waals surface area contributed by atoms with Crippen LogP contribution in [0.5, 0.6) is 0 Å². The molecule has 0 amide bonds. The van der Waals surface area contributed by atoms with E-state index in [1.807, 2.05) is 7.05 Å². The molecular formula is C12H19N3O. The summed E-state index contributed by atoms with van der Waals surface area (Å²) >= 11 is 0. The predicted molar refractivity (Wildman–Crippen MR) is 63.6 cm³/mol. The molecule has 0 spiro atoms. The zero-order valence-corrected chi connectivity index (χ0v) is 10.2. The van der Waals surface area contributed by atoms with E-state index < -0.39 is 0 Å². The zero-order valence-electron chi connectivity index (χ0n) is 10.2. The smallest absolute Gasteiger partial charge is 0.159 e. The lowest BCUT2D eigenvalue weighted by atomic mass is 10.1. The maximum atomic E-state index is 5.63. The van der Waals surface area contributed by atoms with Gasteiger partial charge in [-0.2, -0.15) is 0 Å². The van der Waals surface area contributed by atoms with Gasteiger partial charge in [0.1, 0.15) is 11.9 Å². The van der Waals surface area contributed by atoms with Crippen LogP contribution in [0.1, 0.15) is 43.0 Å². The SMILES string of the molecule is CCc1nc(C2CCCO2)nc(NC)c1C. The van der Waals surface area contributed by atoms with Crippen molar-refractivity contribution in [1.82, 2.24) is 9.97 Å². The summed E-state index contributed by atoms with van der Waals surface area (Å²) in [5.74, 6) is 1.77. The third kappa shape index (κ3) is 2.02. The first-order valence-electron chi connectivity index (χ1n) is 5.93. The molecule has 0 bridgehead atoms. The number of aryl methyl sites for hydroxylation is 1. The lowest BCUT2D eigenvalue weighted by Gasteiger charge is -2.14. The zero-order chi connectivity index (χ0) is 11.5. The van der Waals surface area contributed by atoms with Crippen LogP contribution in [0.4, 0.5) is 5.82 Å². The number of rotatable bonds is 3. The van der Waals surface area contributed by atoms with Crippen molar-refractivity contribution >= 4 is 5.82 Å². The van der Waals surface area contributed by atoms with E-state index in [1.165, 1.54) is 0 Å². The molecule has 1 unspecified atom stereocenters. The van der Waals surface area contributed by atoms with Crippen molar-refractivity contribution in [3.8, 4) is 0 Å². The second-order valence-corrected chi connectivity index (χ2v) is 4.11. The van der Waals surface area contributed by atoms with E-state index in [9.17, 15) is 0 Å². The summed E-state index contributed by atoms with van der Waals surface area (Å²) < 4.78 is 5.63. The molecule has 1 aromatic heterocycles. The van der Waals surface area contributed by atoms with E-state index >= 15 is 0 Å². The summed E-state index contributed by atoms with van der Waals surface area (Å²) in [5.41, 5.74) is 2.26. The molecule has 1 atom stereocenters. The van der Waals surface area contributed by atoms with Gasteiger partial charge in [-0.1, -0.05) is 6.92 Å². The van der Waals surface area contributed by atoms with Crippen LogP contribution in [-0.2, 0) is 11.2 Å². The molecule has 2 heterocycles. The molecule has 16 heavy (non-hydrogen) atoms. The molecule has 1 fully saturated rings. The van der Waals surface area contributed by atoms with Crippen LogP contribution < -0.4 is 5.32 Å². The standard InChI is InChI=1S/C12H19N3O/c1-4-9-8(2)11(13-3)15-12(14-9)10-6-5-7-16-10/h10H,4-7H2,1-3H3,(H,13,14,15). The topological polar surface area (TPSA) is 47.0 Å². The Morgan fingerprint density at radius 3 is 2.81 bits per heavy atom. The second kappa shape index (κ2) is 4.78. The van der Waals surface area contributed by atoms with Crippen LogP contribution in [0.3, 0.4) is 0 Å². The Hall–Kier alpha value is -1.16. The Morgan fingerprint density at radius 1 is 1.44 bits per heavy atom. The molecule has 0 aliphatic carbocycles. The van der Waals surface area contributed by atoms with Gasteiger partial charge < -0.3 is 10.1 Å². The minimum absolute atomic E-state index is 0.0954. The molecule has 0 saturated carbocycles. The third-order valence-electron chi connectivity index (χ3n) is 3.05. The van der Waals surface area contributed by atoms with Crippen molar-refractivity contribution in [2.24, 2.45) is 0 Å². The maximum absolute atomic E-state index is 5.63. The van der Waals surface area contributed by atoms with E-state index in [2.05, 4.69) is 29.1 Å². The molecule has 0 aromatic carbocycles. The number of hydrogen-bond donors (Lipinski definition) is 1. The monoisotopic (exact) mass is 221 g/mol. The molecule has 1 aromatic rings. The predicted octanol–water partition coefficient (Wildman–Crippen LogP) is 2.24. The minimum Gasteiger partial charge on any atom is -0.373 e. The van der Waals surface area contributed by atoms with E-state index in [0.29, 0.717) is 0 Å². The van der Waals surface area contributed by atoms with Gasteiger partial charge >= 0.3 is 0 Å². The van der Waals surface area contributed by atoms with Gasteiger partial charge in [0.25, 0.3) is 0 Å². The van der Waals surface area contributed by atoms with Gasteiger partial charge in [0.2, 0.25) is 0 Å². The molecule has 0 radical (unpaired) electrons. The Kier molecular flexibility index (Phi) is 3.39. The quantitative estimate of drug-likeness (QED) is 0.850. The second-order valence-electron chi connectivity index (χ2n) is 4.11. The molecule has 1 aliphatic rings.